The van der Waals surface area contributed by atoms with Gasteiger partial charge in [0.05, 0.1) is 20.3 Å². The van der Waals surface area contributed by atoms with E-state index in [0.717, 1.165) is 12.1 Å². The number of amides is 3. The van der Waals surface area contributed by atoms with Gasteiger partial charge in [0.1, 0.15) is 16.6 Å². The maximum atomic E-state index is 13.3. The summed E-state index contributed by atoms with van der Waals surface area (Å²) >= 11 is 13.2. The number of thiazole rings is 1. The molecule has 0 aliphatic carbocycles. The van der Waals surface area contributed by atoms with Crippen molar-refractivity contribution in [2.24, 2.45) is 5.41 Å². The maximum Gasteiger partial charge on any atom is 0.404 e. The normalized spacial score (nSPS) is 12.9. The number of nitrogens with one attached hydrogen (secondary N) is 3. The van der Waals surface area contributed by atoms with E-state index >= 15 is 0 Å². The number of sulfonamides is 1. The number of carbonyl (C=O) groups excluding carboxylic acids is 3. The van der Waals surface area contributed by atoms with Crippen LogP contribution >= 0.6 is 34.5 Å². The lowest BCUT2D eigenvalue weighted by Gasteiger charge is -2.19. The predicted octanol–water partition coefficient (Wildman–Crippen LogP) is 4.09. The van der Waals surface area contributed by atoms with Crippen LogP contribution in [0.3, 0.4) is 0 Å². The minimum Gasteiger partial charge on any atom is -0.481 e. The van der Waals surface area contributed by atoms with E-state index in [1.807, 2.05) is 0 Å². The topological polar surface area (TPSA) is 175 Å². The number of alkyl halides is 3. The fraction of sp³-hybridized carbons (Fsp3) is 0.458. The zero-order valence-corrected chi connectivity index (χ0v) is 26.5. The van der Waals surface area contributed by atoms with Crippen LogP contribution < -0.4 is 15.6 Å². The second-order valence-electron chi connectivity index (χ2n) is 9.67. The highest BCUT2D eigenvalue weighted by molar-refractivity contribution is 7.89. The fourth-order valence-corrected chi connectivity index (χ4v) is 6.52. The molecule has 2 rings (SSSR count). The third-order valence-electron chi connectivity index (χ3n) is 5.98. The van der Waals surface area contributed by atoms with Crippen molar-refractivity contribution in [2.45, 2.75) is 58.2 Å². The highest BCUT2D eigenvalue weighted by atomic mass is 35.5. The van der Waals surface area contributed by atoms with Gasteiger partial charge in [-0.1, -0.05) is 29.3 Å². The molecule has 1 heterocycles. The Kier molecular flexibility index (Phi) is 11.6. The van der Waals surface area contributed by atoms with Crippen molar-refractivity contribution in [3.8, 4) is 10.4 Å². The molecule has 3 amide bonds. The van der Waals surface area contributed by atoms with E-state index < -0.39 is 72.7 Å². The zero-order valence-electron chi connectivity index (χ0n) is 23.4. The Morgan fingerprint density at radius 2 is 1.65 bits per heavy atom. The molecular weight excluding hydrogens is 662 g/mol. The van der Waals surface area contributed by atoms with Crippen molar-refractivity contribution in [3.63, 3.8) is 0 Å². The van der Waals surface area contributed by atoms with Gasteiger partial charge in [0.2, 0.25) is 15.9 Å². The number of carboxylic acids is 1. The van der Waals surface area contributed by atoms with Crippen LogP contribution in [-0.4, -0.2) is 72.4 Å². The third-order valence-corrected chi connectivity index (χ3v) is 9.64. The summed E-state index contributed by atoms with van der Waals surface area (Å²) in [5.41, 5.74) is 2.42. The maximum absolute atomic E-state index is 13.3. The molecule has 0 radical (unpaired) electrons. The number of hydrogen-bond acceptors (Lipinski definition) is 8. The summed E-state index contributed by atoms with van der Waals surface area (Å²) in [6, 6.07) is -0.446. The number of nitrogens with zero attached hydrogens (tertiary/aromatic N) is 2. The van der Waals surface area contributed by atoms with Crippen molar-refractivity contribution >= 4 is 68.3 Å². The fourth-order valence-electron chi connectivity index (χ4n) is 3.38. The first-order chi connectivity index (χ1) is 19.7. The molecule has 1 aromatic carbocycles. The lowest BCUT2D eigenvalue weighted by atomic mass is 9.89. The molecule has 4 N–H and O–H groups in total. The predicted molar refractivity (Wildman–Crippen MR) is 152 cm³/mol. The second kappa shape index (κ2) is 13.8. The Labute approximate surface area is 259 Å². The Morgan fingerprint density at radius 1 is 1.07 bits per heavy atom. The standard InChI is InChI=1S/C24H28Cl2F3N5O7S2/c1-6-34(7-2)21(37)17-18(42-20(30-17)19(36)32-31-14(35)10-23(4,5)22(38)39)12-8-9-13(16(26)15(12)25)43(40,41)33-11(3)24(27,28)29/h8-9,11,33H,6-7,10H2,1-5H3,(H,31,35)(H,32,36)(H,38,39). The smallest absolute Gasteiger partial charge is 0.404 e. The summed E-state index contributed by atoms with van der Waals surface area (Å²) < 4.78 is 65.7. The van der Waals surface area contributed by atoms with Crippen molar-refractivity contribution in [2.75, 3.05) is 13.1 Å². The summed E-state index contributed by atoms with van der Waals surface area (Å²) in [7, 11) is -4.80. The van der Waals surface area contributed by atoms with Crippen LogP contribution in [0.15, 0.2) is 17.0 Å². The molecule has 1 aromatic heterocycles. The van der Waals surface area contributed by atoms with Crippen LogP contribution in [0.4, 0.5) is 13.2 Å². The lowest BCUT2D eigenvalue weighted by molar-refractivity contribution is -0.149. The van der Waals surface area contributed by atoms with Gasteiger partial charge in [-0.3, -0.25) is 30.0 Å². The third kappa shape index (κ3) is 8.56. The SMILES string of the molecule is CCN(CC)C(=O)c1nc(C(=O)NNC(=O)CC(C)(C)C(=O)O)sc1-c1ccc(S(=O)(=O)NC(C)C(F)(F)F)c(Cl)c1Cl. The summed E-state index contributed by atoms with van der Waals surface area (Å²) in [5.74, 6) is -3.67. The molecule has 0 aliphatic rings. The first kappa shape index (κ1) is 36.2. The Morgan fingerprint density at radius 3 is 2.16 bits per heavy atom. The van der Waals surface area contributed by atoms with Crippen molar-refractivity contribution in [3.05, 3.63) is 32.9 Å². The summed E-state index contributed by atoms with van der Waals surface area (Å²) in [4.78, 5) is 54.2. The van der Waals surface area contributed by atoms with E-state index in [9.17, 15) is 45.9 Å². The van der Waals surface area contributed by atoms with Crippen LogP contribution in [0.1, 0.15) is 61.3 Å². The molecule has 0 spiro atoms. The summed E-state index contributed by atoms with van der Waals surface area (Å²) in [6.07, 6.45) is -5.36. The minimum absolute atomic E-state index is 0.0205. The second-order valence-corrected chi connectivity index (χ2v) is 13.1. The van der Waals surface area contributed by atoms with Gasteiger partial charge < -0.3 is 10.0 Å². The van der Waals surface area contributed by atoms with Gasteiger partial charge in [0, 0.05) is 25.1 Å². The number of hydrazine groups is 1. The largest absolute Gasteiger partial charge is 0.481 e. The first-order valence-electron chi connectivity index (χ1n) is 12.4. The van der Waals surface area contributed by atoms with Crippen LogP contribution in [0.5, 0.6) is 0 Å². The van der Waals surface area contributed by atoms with Crippen LogP contribution in [0.2, 0.25) is 10.0 Å². The Bertz CT molecular complexity index is 1530. The summed E-state index contributed by atoms with van der Waals surface area (Å²) in [6.45, 7) is 7.10. The number of halogens is 5. The van der Waals surface area contributed by atoms with Gasteiger partial charge in [0.25, 0.3) is 11.8 Å². The van der Waals surface area contributed by atoms with E-state index in [0.29, 0.717) is 18.3 Å². The first-order valence-corrected chi connectivity index (χ1v) is 15.4. The number of aromatic nitrogens is 1. The number of rotatable bonds is 11. The average Bonchev–Trinajstić information content (AvgIpc) is 3.33. The minimum atomic E-state index is -4.88. The highest BCUT2D eigenvalue weighted by Gasteiger charge is 2.40. The Balaban J connectivity index is 2.53. The highest BCUT2D eigenvalue weighted by Crippen LogP contribution is 2.42. The van der Waals surface area contributed by atoms with Gasteiger partial charge in [-0.25, -0.2) is 13.4 Å². The van der Waals surface area contributed by atoms with Gasteiger partial charge in [-0.15, -0.1) is 11.3 Å². The summed E-state index contributed by atoms with van der Waals surface area (Å²) in [5, 5.41) is 7.75. The van der Waals surface area contributed by atoms with E-state index in [-0.39, 0.29) is 34.2 Å². The van der Waals surface area contributed by atoms with Gasteiger partial charge >= 0.3 is 12.1 Å². The molecule has 1 unspecified atom stereocenters. The van der Waals surface area contributed by atoms with Crippen molar-refractivity contribution in [1.82, 2.24) is 25.5 Å². The number of carbonyl (C=O) groups is 4. The van der Waals surface area contributed by atoms with Gasteiger partial charge in [-0.05, 0) is 40.7 Å². The van der Waals surface area contributed by atoms with E-state index in [1.165, 1.54) is 23.5 Å². The zero-order chi connectivity index (χ0) is 33.1. The molecule has 19 heteroatoms. The van der Waals surface area contributed by atoms with Crippen LogP contribution in [-0.2, 0) is 19.6 Å². The molecule has 12 nitrogen and oxygen atoms in total. The average molecular weight is 691 g/mol. The molecular formula is C24H28Cl2F3N5O7S2. The van der Waals surface area contributed by atoms with Gasteiger partial charge in [0.15, 0.2) is 5.01 Å². The molecule has 2 aromatic rings. The number of carboxylic acid groups (broad SMARTS) is 1. The molecule has 43 heavy (non-hydrogen) atoms. The molecule has 0 bridgehead atoms. The molecule has 0 saturated carbocycles. The number of aliphatic carboxylic acids is 1. The van der Waals surface area contributed by atoms with Crippen molar-refractivity contribution < 1.29 is 45.9 Å². The molecule has 238 valence electrons. The van der Waals surface area contributed by atoms with Crippen LogP contribution in [0, 0.1) is 5.41 Å². The van der Waals surface area contributed by atoms with Crippen LogP contribution in [0.25, 0.3) is 10.4 Å². The molecule has 0 saturated heterocycles. The van der Waals surface area contributed by atoms with E-state index in [1.54, 1.807) is 13.8 Å². The Hall–Kier alpha value is -2.99. The van der Waals surface area contributed by atoms with Crippen molar-refractivity contribution in [1.29, 1.82) is 0 Å². The van der Waals surface area contributed by atoms with Gasteiger partial charge in [-0.2, -0.15) is 17.9 Å². The lowest BCUT2D eigenvalue weighted by Crippen LogP contribution is -2.44. The van der Waals surface area contributed by atoms with E-state index in [4.69, 9.17) is 23.2 Å². The monoisotopic (exact) mass is 689 g/mol. The van der Waals surface area contributed by atoms with E-state index in [2.05, 4.69) is 15.8 Å². The quantitative estimate of drug-likeness (QED) is 0.255. The number of hydrogen-bond donors (Lipinski definition) is 4. The molecule has 0 fully saturated rings. The molecule has 0 aliphatic heterocycles. The molecule has 1 atom stereocenters. The number of benzene rings is 1.